The van der Waals surface area contributed by atoms with E-state index in [0.717, 1.165) is 0 Å². The maximum atomic E-state index is 12.5. The predicted octanol–water partition coefficient (Wildman–Crippen LogP) is 0.878. The molecule has 0 aliphatic carbocycles. The van der Waals surface area contributed by atoms with Gasteiger partial charge >= 0.3 is 5.97 Å². The molecule has 0 bridgehead atoms. The summed E-state index contributed by atoms with van der Waals surface area (Å²) >= 11 is 0. The third-order valence-electron chi connectivity index (χ3n) is 3.62. The minimum atomic E-state index is -3.94. The zero-order valence-corrected chi connectivity index (χ0v) is 14.7. The maximum absolute atomic E-state index is 12.5. The van der Waals surface area contributed by atoms with Crippen molar-refractivity contribution in [3.63, 3.8) is 0 Å². The number of nitrogens with one attached hydrogen (secondary N) is 1. The summed E-state index contributed by atoms with van der Waals surface area (Å²) in [6, 6.07) is 1.79. The Kier molecular flexibility index (Phi) is 5.90. The van der Waals surface area contributed by atoms with E-state index in [-0.39, 0.29) is 16.4 Å². The Labute approximate surface area is 136 Å². The fourth-order valence-corrected chi connectivity index (χ4v) is 2.69. The lowest BCUT2D eigenvalue weighted by Gasteiger charge is -2.21. The second kappa shape index (κ2) is 7.10. The Morgan fingerprint density at radius 3 is 2.22 bits per heavy atom. The third-order valence-corrected chi connectivity index (χ3v) is 4.52. The van der Waals surface area contributed by atoms with Crippen molar-refractivity contribution in [1.82, 2.24) is 5.32 Å². The summed E-state index contributed by atoms with van der Waals surface area (Å²) in [4.78, 5) is 24.1. The van der Waals surface area contributed by atoms with Gasteiger partial charge < -0.3 is 10.1 Å². The van der Waals surface area contributed by atoms with E-state index in [1.165, 1.54) is 19.2 Å². The number of esters is 1. The molecule has 1 rings (SSSR count). The van der Waals surface area contributed by atoms with E-state index < -0.39 is 27.9 Å². The Morgan fingerprint density at radius 1 is 1.22 bits per heavy atom. The van der Waals surface area contributed by atoms with Gasteiger partial charge in [0.05, 0.1) is 12.0 Å². The highest BCUT2D eigenvalue weighted by Gasteiger charge is 2.26. The zero-order valence-electron chi connectivity index (χ0n) is 13.8. The molecule has 0 fully saturated rings. The predicted molar refractivity (Wildman–Crippen MR) is 85.4 cm³/mol. The molecule has 23 heavy (non-hydrogen) atoms. The van der Waals surface area contributed by atoms with Crippen molar-refractivity contribution in [3.05, 3.63) is 28.8 Å². The summed E-state index contributed by atoms with van der Waals surface area (Å²) in [5.74, 6) is -1.31. The monoisotopic (exact) mass is 342 g/mol. The van der Waals surface area contributed by atoms with Crippen LogP contribution in [0.5, 0.6) is 0 Å². The molecule has 0 radical (unpaired) electrons. The average molecular weight is 342 g/mol. The fraction of sp³-hybridized carbons (Fsp3) is 0.467. The van der Waals surface area contributed by atoms with Crippen LogP contribution in [0.15, 0.2) is 17.0 Å². The first-order valence-electron chi connectivity index (χ1n) is 7.01. The van der Waals surface area contributed by atoms with E-state index >= 15 is 0 Å². The fourth-order valence-electron chi connectivity index (χ4n) is 2.07. The summed E-state index contributed by atoms with van der Waals surface area (Å²) in [5, 5.41) is 7.71. The van der Waals surface area contributed by atoms with Gasteiger partial charge in [-0.1, -0.05) is 13.8 Å². The maximum Gasteiger partial charge on any atom is 0.328 e. The van der Waals surface area contributed by atoms with Gasteiger partial charge in [0.15, 0.2) is 0 Å². The molecule has 7 nitrogen and oxygen atoms in total. The number of methoxy groups -OCH3 is 1. The van der Waals surface area contributed by atoms with Crippen LogP contribution in [0.4, 0.5) is 0 Å². The number of primary sulfonamides is 1. The molecule has 1 amide bonds. The quantitative estimate of drug-likeness (QED) is 0.771. The standard InChI is InChI=1S/C15H22N2O5S/c1-8(2)13(15(19)22-5)17-14(18)12-7-11(23(16,20)21)6-9(3)10(12)4/h6-8,13H,1-5H3,(H,17,18)(H2,16,20,21). The molecule has 0 saturated carbocycles. The van der Waals surface area contributed by atoms with E-state index in [4.69, 9.17) is 5.14 Å². The number of carbonyl (C=O) groups is 2. The lowest BCUT2D eigenvalue weighted by atomic mass is 10.0. The molecule has 3 N–H and O–H groups in total. The van der Waals surface area contributed by atoms with Crippen LogP contribution in [-0.4, -0.2) is 33.4 Å². The first kappa shape index (κ1) is 19.1. The van der Waals surface area contributed by atoms with E-state index in [1.807, 2.05) is 0 Å². The van der Waals surface area contributed by atoms with E-state index in [1.54, 1.807) is 27.7 Å². The van der Waals surface area contributed by atoms with E-state index in [9.17, 15) is 18.0 Å². The molecule has 0 aliphatic heterocycles. The average Bonchev–Trinajstić information content (AvgIpc) is 2.44. The second-order valence-corrected chi connectivity index (χ2v) is 7.24. The summed E-state index contributed by atoms with van der Waals surface area (Å²) < 4.78 is 27.7. The number of rotatable bonds is 5. The van der Waals surface area contributed by atoms with E-state index in [2.05, 4.69) is 10.1 Å². The minimum absolute atomic E-state index is 0.148. The van der Waals surface area contributed by atoms with Gasteiger partial charge in [0.2, 0.25) is 10.0 Å². The largest absolute Gasteiger partial charge is 0.467 e. The van der Waals surface area contributed by atoms with Crippen LogP contribution >= 0.6 is 0 Å². The van der Waals surface area contributed by atoms with Gasteiger partial charge in [-0.05, 0) is 43.0 Å². The van der Waals surface area contributed by atoms with Crippen LogP contribution in [0.1, 0.15) is 35.3 Å². The van der Waals surface area contributed by atoms with Crippen LogP contribution in [0.25, 0.3) is 0 Å². The molecule has 0 heterocycles. The number of benzene rings is 1. The van der Waals surface area contributed by atoms with Gasteiger partial charge in [0.25, 0.3) is 5.91 Å². The minimum Gasteiger partial charge on any atom is -0.467 e. The summed E-state index contributed by atoms with van der Waals surface area (Å²) in [5.41, 5.74) is 1.38. The first-order valence-corrected chi connectivity index (χ1v) is 8.56. The van der Waals surface area contributed by atoms with Crippen molar-refractivity contribution in [2.24, 2.45) is 11.1 Å². The van der Waals surface area contributed by atoms with Gasteiger partial charge in [-0.15, -0.1) is 0 Å². The lowest BCUT2D eigenvalue weighted by molar-refractivity contribution is -0.144. The Hall–Kier alpha value is -1.93. The van der Waals surface area contributed by atoms with Gasteiger partial charge in [-0.3, -0.25) is 4.79 Å². The van der Waals surface area contributed by atoms with Crippen molar-refractivity contribution in [3.8, 4) is 0 Å². The molecule has 1 aromatic carbocycles. The van der Waals surface area contributed by atoms with Crippen LogP contribution < -0.4 is 10.5 Å². The molecular weight excluding hydrogens is 320 g/mol. The smallest absolute Gasteiger partial charge is 0.328 e. The number of carbonyl (C=O) groups excluding carboxylic acids is 2. The number of hydrogen-bond donors (Lipinski definition) is 2. The molecule has 1 unspecified atom stereocenters. The Morgan fingerprint density at radius 2 is 1.78 bits per heavy atom. The van der Waals surface area contributed by atoms with Crippen molar-refractivity contribution < 1.29 is 22.7 Å². The molecule has 1 aromatic rings. The second-order valence-electron chi connectivity index (χ2n) is 5.68. The van der Waals surface area contributed by atoms with Crippen molar-refractivity contribution in [2.45, 2.75) is 38.6 Å². The Balaban J connectivity index is 3.27. The van der Waals surface area contributed by atoms with Gasteiger partial charge in [0.1, 0.15) is 6.04 Å². The van der Waals surface area contributed by atoms with Gasteiger partial charge in [0, 0.05) is 5.56 Å². The highest BCUT2D eigenvalue weighted by atomic mass is 32.2. The van der Waals surface area contributed by atoms with Crippen LogP contribution in [0.3, 0.4) is 0 Å². The van der Waals surface area contributed by atoms with Crippen LogP contribution in [0, 0.1) is 19.8 Å². The number of nitrogens with two attached hydrogens (primary N) is 1. The lowest BCUT2D eigenvalue weighted by Crippen LogP contribution is -2.45. The summed E-state index contributed by atoms with van der Waals surface area (Å²) in [7, 11) is -2.70. The van der Waals surface area contributed by atoms with E-state index in [0.29, 0.717) is 11.1 Å². The van der Waals surface area contributed by atoms with Gasteiger partial charge in [-0.25, -0.2) is 18.4 Å². The molecule has 0 spiro atoms. The van der Waals surface area contributed by atoms with Crippen molar-refractivity contribution in [2.75, 3.05) is 7.11 Å². The number of sulfonamides is 1. The third kappa shape index (κ3) is 4.52. The van der Waals surface area contributed by atoms with Crippen LogP contribution in [0.2, 0.25) is 0 Å². The normalized spacial score (nSPS) is 12.8. The highest BCUT2D eigenvalue weighted by Crippen LogP contribution is 2.19. The topological polar surface area (TPSA) is 116 Å². The Bertz CT molecular complexity index is 726. The molecule has 0 aliphatic rings. The van der Waals surface area contributed by atoms with Crippen LogP contribution in [-0.2, 0) is 19.6 Å². The molecule has 0 aromatic heterocycles. The van der Waals surface area contributed by atoms with Crippen molar-refractivity contribution >= 4 is 21.9 Å². The zero-order chi connectivity index (χ0) is 17.9. The molecule has 128 valence electrons. The number of hydrogen-bond acceptors (Lipinski definition) is 5. The molecule has 1 atom stereocenters. The first-order chi connectivity index (χ1) is 10.5. The number of ether oxygens (including phenoxy) is 1. The SMILES string of the molecule is COC(=O)C(NC(=O)c1cc(S(N)(=O)=O)cc(C)c1C)C(C)C. The van der Waals surface area contributed by atoms with Gasteiger partial charge in [-0.2, -0.15) is 0 Å². The summed E-state index contributed by atoms with van der Waals surface area (Å²) in [6.45, 7) is 6.90. The highest BCUT2D eigenvalue weighted by molar-refractivity contribution is 7.89. The molecular formula is C15H22N2O5S. The number of amides is 1. The molecule has 0 saturated heterocycles. The van der Waals surface area contributed by atoms with Crippen molar-refractivity contribution in [1.29, 1.82) is 0 Å². The summed E-state index contributed by atoms with van der Waals surface area (Å²) in [6.07, 6.45) is 0. The number of aryl methyl sites for hydroxylation is 1. The molecule has 8 heteroatoms.